The minimum Gasteiger partial charge on any atom is -0.404 e. The zero-order chi connectivity index (χ0) is 14.5. The Balaban J connectivity index is 2.81. The minimum absolute atomic E-state index is 0.00669. The maximum absolute atomic E-state index is 12.2. The van der Waals surface area contributed by atoms with Crippen LogP contribution in [-0.2, 0) is 4.79 Å². The van der Waals surface area contributed by atoms with Crippen molar-refractivity contribution >= 4 is 11.6 Å². The number of hydrogen-bond acceptors (Lipinski definition) is 3. The molecule has 0 aliphatic carbocycles. The third kappa shape index (κ3) is 5.17. The highest BCUT2D eigenvalue weighted by atomic mass is 19.4. The Hall–Kier alpha value is -1.76. The number of amides is 1. The summed E-state index contributed by atoms with van der Waals surface area (Å²) >= 11 is 0. The van der Waals surface area contributed by atoms with Gasteiger partial charge in [-0.2, -0.15) is 0 Å². The lowest BCUT2D eigenvalue weighted by Gasteiger charge is -2.16. The van der Waals surface area contributed by atoms with Crippen molar-refractivity contribution in [1.82, 2.24) is 5.32 Å². The summed E-state index contributed by atoms with van der Waals surface area (Å²) in [5.74, 6) is -1.18. The van der Waals surface area contributed by atoms with Crippen molar-refractivity contribution in [3.63, 3.8) is 0 Å². The number of rotatable bonds is 5. The summed E-state index contributed by atoms with van der Waals surface area (Å²) in [7, 11) is 1.69. The number of para-hydroxylation sites is 2. The molecule has 2 N–H and O–H groups in total. The highest BCUT2D eigenvalue weighted by molar-refractivity contribution is 5.93. The SMILES string of the molecule is CNCC(C)C(=O)Nc1ccccc1OC(F)(F)F. The average Bonchev–Trinajstić information content (AvgIpc) is 2.30. The maximum Gasteiger partial charge on any atom is 0.573 e. The molecule has 0 fully saturated rings. The summed E-state index contributed by atoms with van der Waals surface area (Å²) in [6, 6.07) is 5.41. The number of halogens is 3. The van der Waals surface area contributed by atoms with E-state index >= 15 is 0 Å². The van der Waals surface area contributed by atoms with Crippen molar-refractivity contribution in [2.24, 2.45) is 5.92 Å². The van der Waals surface area contributed by atoms with Gasteiger partial charge in [0, 0.05) is 12.5 Å². The molecule has 1 amide bonds. The summed E-state index contributed by atoms with van der Waals surface area (Å²) in [5, 5.41) is 5.23. The van der Waals surface area contributed by atoms with Crippen molar-refractivity contribution in [1.29, 1.82) is 0 Å². The van der Waals surface area contributed by atoms with Crippen LogP contribution in [0.15, 0.2) is 24.3 Å². The van der Waals surface area contributed by atoms with Crippen molar-refractivity contribution in [3.05, 3.63) is 24.3 Å². The molecule has 106 valence electrons. The topological polar surface area (TPSA) is 50.4 Å². The Morgan fingerprint density at radius 1 is 1.37 bits per heavy atom. The second-order valence-electron chi connectivity index (χ2n) is 3.99. The average molecular weight is 276 g/mol. The first kappa shape index (κ1) is 15.3. The largest absolute Gasteiger partial charge is 0.573 e. The van der Waals surface area contributed by atoms with Gasteiger partial charge in [-0.25, -0.2) is 0 Å². The summed E-state index contributed by atoms with van der Waals surface area (Å²) in [4.78, 5) is 11.7. The van der Waals surface area contributed by atoms with Gasteiger partial charge in [-0.1, -0.05) is 19.1 Å². The number of carbonyl (C=O) groups is 1. The van der Waals surface area contributed by atoms with E-state index in [1.54, 1.807) is 14.0 Å². The Labute approximate surface area is 108 Å². The number of anilines is 1. The molecule has 19 heavy (non-hydrogen) atoms. The quantitative estimate of drug-likeness (QED) is 0.868. The highest BCUT2D eigenvalue weighted by Gasteiger charge is 2.32. The molecule has 1 aromatic carbocycles. The maximum atomic E-state index is 12.2. The standard InChI is InChI=1S/C12H15F3N2O2/c1-8(7-16-2)11(18)17-9-5-3-4-6-10(9)19-12(13,14)15/h3-6,8,16H,7H2,1-2H3,(H,17,18). The minimum atomic E-state index is -4.79. The molecule has 0 aliphatic rings. The molecule has 1 unspecified atom stereocenters. The van der Waals surface area contributed by atoms with Gasteiger partial charge >= 0.3 is 6.36 Å². The van der Waals surface area contributed by atoms with Crippen LogP contribution in [0, 0.1) is 5.92 Å². The normalized spacial score (nSPS) is 12.9. The van der Waals surface area contributed by atoms with Gasteiger partial charge in [0.2, 0.25) is 5.91 Å². The second-order valence-corrected chi connectivity index (χ2v) is 3.99. The molecule has 0 saturated heterocycles. The molecule has 1 atom stereocenters. The lowest BCUT2D eigenvalue weighted by Crippen LogP contribution is -2.29. The van der Waals surface area contributed by atoms with Crippen molar-refractivity contribution in [2.75, 3.05) is 18.9 Å². The molecule has 1 aromatic rings. The molecule has 4 nitrogen and oxygen atoms in total. The fraction of sp³-hybridized carbons (Fsp3) is 0.417. The monoisotopic (exact) mass is 276 g/mol. The summed E-state index contributed by atoms with van der Waals surface area (Å²) in [6.45, 7) is 2.09. The molecule has 0 bridgehead atoms. The van der Waals surface area contributed by atoms with E-state index in [2.05, 4.69) is 15.4 Å². The Morgan fingerprint density at radius 2 is 2.00 bits per heavy atom. The number of alkyl halides is 3. The van der Waals surface area contributed by atoms with Crippen LogP contribution in [0.25, 0.3) is 0 Å². The smallest absolute Gasteiger partial charge is 0.404 e. The lowest BCUT2D eigenvalue weighted by atomic mass is 10.1. The number of hydrogen-bond donors (Lipinski definition) is 2. The zero-order valence-electron chi connectivity index (χ0n) is 10.5. The van der Waals surface area contributed by atoms with Gasteiger partial charge in [0.15, 0.2) is 5.75 Å². The molecular weight excluding hydrogens is 261 g/mol. The van der Waals surface area contributed by atoms with E-state index in [1.807, 2.05) is 0 Å². The van der Waals surface area contributed by atoms with Crippen molar-refractivity contribution < 1.29 is 22.7 Å². The first-order valence-corrected chi connectivity index (χ1v) is 5.63. The van der Waals surface area contributed by atoms with E-state index < -0.39 is 12.1 Å². The summed E-state index contributed by atoms with van der Waals surface area (Å²) in [6.07, 6.45) is -4.79. The van der Waals surface area contributed by atoms with Gasteiger partial charge in [-0.05, 0) is 19.2 Å². The number of nitrogens with one attached hydrogen (secondary N) is 2. The Kier molecular flexibility index (Phi) is 5.17. The predicted octanol–water partition coefficient (Wildman–Crippen LogP) is 2.38. The summed E-state index contributed by atoms with van der Waals surface area (Å²) in [5.41, 5.74) is -0.00669. The fourth-order valence-corrected chi connectivity index (χ4v) is 1.44. The molecule has 1 rings (SSSR count). The Morgan fingerprint density at radius 3 is 2.58 bits per heavy atom. The summed E-state index contributed by atoms with van der Waals surface area (Å²) < 4.78 is 40.4. The second kappa shape index (κ2) is 6.42. The van der Waals surface area contributed by atoms with Gasteiger partial charge in [0.25, 0.3) is 0 Å². The molecule has 0 spiro atoms. The number of carbonyl (C=O) groups excluding carboxylic acids is 1. The van der Waals surface area contributed by atoms with E-state index in [0.29, 0.717) is 6.54 Å². The Bertz CT molecular complexity index is 435. The van der Waals surface area contributed by atoms with Gasteiger partial charge in [-0.15, -0.1) is 13.2 Å². The van der Waals surface area contributed by atoms with E-state index in [4.69, 9.17) is 0 Å². The van der Waals surface area contributed by atoms with Crippen LogP contribution in [0.5, 0.6) is 5.75 Å². The molecular formula is C12H15F3N2O2. The van der Waals surface area contributed by atoms with E-state index in [0.717, 1.165) is 6.07 Å². The van der Waals surface area contributed by atoms with Crippen molar-refractivity contribution in [3.8, 4) is 5.75 Å². The van der Waals surface area contributed by atoms with Crippen LogP contribution >= 0.6 is 0 Å². The molecule has 0 aromatic heterocycles. The van der Waals surface area contributed by atoms with Crippen LogP contribution in [0.2, 0.25) is 0 Å². The molecule has 7 heteroatoms. The van der Waals surface area contributed by atoms with E-state index in [1.165, 1.54) is 18.2 Å². The van der Waals surface area contributed by atoms with E-state index in [9.17, 15) is 18.0 Å². The lowest BCUT2D eigenvalue weighted by molar-refractivity contribution is -0.274. The zero-order valence-corrected chi connectivity index (χ0v) is 10.5. The van der Waals surface area contributed by atoms with Gasteiger partial charge in [-0.3, -0.25) is 4.79 Å². The van der Waals surface area contributed by atoms with Crippen LogP contribution in [-0.4, -0.2) is 25.9 Å². The van der Waals surface area contributed by atoms with Crippen LogP contribution in [0.4, 0.5) is 18.9 Å². The molecule has 0 heterocycles. The third-order valence-corrected chi connectivity index (χ3v) is 2.33. The van der Waals surface area contributed by atoms with Crippen LogP contribution < -0.4 is 15.4 Å². The first-order chi connectivity index (χ1) is 8.83. The van der Waals surface area contributed by atoms with Gasteiger partial charge in [0.1, 0.15) is 0 Å². The predicted molar refractivity (Wildman–Crippen MR) is 64.8 cm³/mol. The highest BCUT2D eigenvalue weighted by Crippen LogP contribution is 2.30. The van der Waals surface area contributed by atoms with Gasteiger partial charge < -0.3 is 15.4 Å². The fourth-order valence-electron chi connectivity index (χ4n) is 1.44. The molecule has 0 radical (unpaired) electrons. The van der Waals surface area contributed by atoms with Gasteiger partial charge in [0.05, 0.1) is 5.69 Å². The van der Waals surface area contributed by atoms with Crippen LogP contribution in [0.1, 0.15) is 6.92 Å². The van der Waals surface area contributed by atoms with Crippen LogP contribution in [0.3, 0.4) is 0 Å². The third-order valence-electron chi connectivity index (χ3n) is 2.33. The number of ether oxygens (including phenoxy) is 1. The number of benzene rings is 1. The molecule has 0 saturated carbocycles. The van der Waals surface area contributed by atoms with E-state index in [-0.39, 0.29) is 17.5 Å². The first-order valence-electron chi connectivity index (χ1n) is 5.63. The molecule has 0 aliphatic heterocycles. The van der Waals surface area contributed by atoms with Crippen molar-refractivity contribution in [2.45, 2.75) is 13.3 Å².